The highest BCUT2D eigenvalue weighted by Crippen LogP contribution is 2.42. The Morgan fingerprint density at radius 2 is 1.95 bits per heavy atom. The second-order valence-electron chi connectivity index (χ2n) is 5.94. The number of ether oxygens (including phenoxy) is 1. The van der Waals surface area contributed by atoms with Gasteiger partial charge in [0.1, 0.15) is 0 Å². The lowest BCUT2D eigenvalue weighted by atomic mass is 9.69. The van der Waals surface area contributed by atoms with Crippen molar-refractivity contribution in [2.45, 2.75) is 57.4 Å². The molecule has 1 aliphatic heterocycles. The maximum Gasteiger partial charge on any atom is 0.303 e. The van der Waals surface area contributed by atoms with E-state index in [1.165, 1.54) is 0 Å². The molecule has 108 valence electrons. The lowest BCUT2D eigenvalue weighted by molar-refractivity contribution is -0.141. The molecule has 5 heteroatoms. The SMILES string of the molecule is O=C(O)CC1(CC(=O)NC2CCOC2)CCCCC1. The van der Waals surface area contributed by atoms with Crippen LogP contribution in [0.3, 0.4) is 0 Å². The molecule has 1 atom stereocenters. The summed E-state index contributed by atoms with van der Waals surface area (Å²) in [6, 6.07) is 0.109. The zero-order valence-electron chi connectivity index (χ0n) is 11.3. The Morgan fingerprint density at radius 1 is 1.21 bits per heavy atom. The third kappa shape index (κ3) is 4.20. The van der Waals surface area contributed by atoms with Gasteiger partial charge in [-0.1, -0.05) is 19.3 Å². The zero-order valence-corrected chi connectivity index (χ0v) is 11.3. The molecule has 1 aliphatic carbocycles. The Labute approximate surface area is 113 Å². The average Bonchev–Trinajstić information content (AvgIpc) is 2.81. The third-order valence-electron chi connectivity index (χ3n) is 4.27. The summed E-state index contributed by atoms with van der Waals surface area (Å²) in [4.78, 5) is 23.1. The highest BCUT2D eigenvalue weighted by molar-refractivity contribution is 5.78. The molecular weight excluding hydrogens is 246 g/mol. The Bertz CT molecular complexity index is 330. The van der Waals surface area contributed by atoms with Crippen molar-refractivity contribution in [3.05, 3.63) is 0 Å². The molecule has 1 unspecified atom stereocenters. The van der Waals surface area contributed by atoms with Crippen LogP contribution >= 0.6 is 0 Å². The highest BCUT2D eigenvalue weighted by atomic mass is 16.5. The standard InChI is InChI=1S/C14H23NO4/c16-12(15-11-4-7-19-10-11)8-14(9-13(17)18)5-2-1-3-6-14/h11H,1-10H2,(H,15,16)(H,17,18). The molecule has 2 fully saturated rings. The number of carboxylic acid groups (broad SMARTS) is 1. The maximum absolute atomic E-state index is 12.1. The van der Waals surface area contributed by atoms with Crippen LogP contribution in [-0.2, 0) is 14.3 Å². The van der Waals surface area contributed by atoms with E-state index >= 15 is 0 Å². The lowest BCUT2D eigenvalue weighted by Crippen LogP contribution is -2.40. The molecule has 1 saturated carbocycles. The lowest BCUT2D eigenvalue weighted by Gasteiger charge is -2.35. The van der Waals surface area contributed by atoms with Gasteiger partial charge in [-0.25, -0.2) is 0 Å². The number of carboxylic acids is 1. The molecule has 0 spiro atoms. The van der Waals surface area contributed by atoms with Gasteiger partial charge in [-0.2, -0.15) is 0 Å². The van der Waals surface area contributed by atoms with Gasteiger partial charge in [0, 0.05) is 13.0 Å². The Balaban J connectivity index is 1.90. The van der Waals surface area contributed by atoms with Crippen molar-refractivity contribution in [1.82, 2.24) is 5.32 Å². The van der Waals surface area contributed by atoms with Gasteiger partial charge in [0.25, 0.3) is 0 Å². The van der Waals surface area contributed by atoms with Crippen molar-refractivity contribution in [3.63, 3.8) is 0 Å². The summed E-state index contributed by atoms with van der Waals surface area (Å²) >= 11 is 0. The number of aliphatic carboxylic acids is 1. The summed E-state index contributed by atoms with van der Waals surface area (Å²) in [6.45, 7) is 1.28. The molecule has 0 aromatic rings. The van der Waals surface area contributed by atoms with Crippen LogP contribution in [0.25, 0.3) is 0 Å². The van der Waals surface area contributed by atoms with E-state index in [4.69, 9.17) is 9.84 Å². The van der Waals surface area contributed by atoms with E-state index in [9.17, 15) is 9.59 Å². The number of hydrogen-bond donors (Lipinski definition) is 2. The Morgan fingerprint density at radius 3 is 2.53 bits per heavy atom. The van der Waals surface area contributed by atoms with Crippen molar-refractivity contribution in [2.75, 3.05) is 13.2 Å². The number of carbonyl (C=O) groups excluding carboxylic acids is 1. The van der Waals surface area contributed by atoms with Crippen LogP contribution in [0.1, 0.15) is 51.4 Å². The number of carbonyl (C=O) groups is 2. The van der Waals surface area contributed by atoms with Gasteiger partial charge < -0.3 is 15.2 Å². The van der Waals surface area contributed by atoms with E-state index in [1.54, 1.807) is 0 Å². The largest absolute Gasteiger partial charge is 0.481 e. The summed E-state index contributed by atoms with van der Waals surface area (Å²) in [5.74, 6) is -0.808. The fourth-order valence-corrected chi connectivity index (χ4v) is 3.31. The van der Waals surface area contributed by atoms with E-state index in [1.807, 2.05) is 0 Å². The minimum Gasteiger partial charge on any atom is -0.481 e. The van der Waals surface area contributed by atoms with Crippen LogP contribution in [0.2, 0.25) is 0 Å². The van der Waals surface area contributed by atoms with Crippen molar-refractivity contribution in [3.8, 4) is 0 Å². The first-order valence-electron chi connectivity index (χ1n) is 7.19. The second kappa shape index (κ2) is 6.37. The summed E-state index contributed by atoms with van der Waals surface area (Å²) < 4.78 is 5.23. The second-order valence-corrected chi connectivity index (χ2v) is 5.94. The van der Waals surface area contributed by atoms with Crippen molar-refractivity contribution < 1.29 is 19.4 Å². The molecule has 2 rings (SSSR count). The van der Waals surface area contributed by atoms with Crippen LogP contribution in [0, 0.1) is 5.41 Å². The fraction of sp³-hybridized carbons (Fsp3) is 0.857. The topological polar surface area (TPSA) is 75.6 Å². The van der Waals surface area contributed by atoms with Gasteiger partial charge in [0.05, 0.1) is 19.1 Å². The third-order valence-corrected chi connectivity index (χ3v) is 4.27. The molecule has 0 radical (unpaired) electrons. The van der Waals surface area contributed by atoms with Crippen LogP contribution in [0.15, 0.2) is 0 Å². The molecule has 2 N–H and O–H groups in total. The van der Waals surface area contributed by atoms with E-state index in [0.29, 0.717) is 19.6 Å². The molecule has 2 aliphatic rings. The molecular formula is C14H23NO4. The van der Waals surface area contributed by atoms with Crippen molar-refractivity contribution >= 4 is 11.9 Å². The zero-order chi connectivity index (χ0) is 13.7. The fourth-order valence-electron chi connectivity index (χ4n) is 3.31. The van der Waals surface area contributed by atoms with E-state index in [0.717, 1.165) is 38.5 Å². The van der Waals surface area contributed by atoms with Gasteiger partial charge in [-0.05, 0) is 24.7 Å². The molecule has 0 aromatic carbocycles. The first-order valence-corrected chi connectivity index (χ1v) is 7.19. The molecule has 5 nitrogen and oxygen atoms in total. The van der Waals surface area contributed by atoms with Gasteiger partial charge in [0.15, 0.2) is 0 Å². The predicted molar refractivity (Wildman–Crippen MR) is 69.8 cm³/mol. The van der Waals surface area contributed by atoms with E-state index < -0.39 is 5.97 Å². The first kappa shape index (κ1) is 14.3. The molecule has 1 heterocycles. The number of rotatable bonds is 5. The van der Waals surface area contributed by atoms with Gasteiger partial charge in [-0.15, -0.1) is 0 Å². The monoisotopic (exact) mass is 269 g/mol. The minimum absolute atomic E-state index is 0.0151. The molecule has 1 amide bonds. The van der Waals surface area contributed by atoms with Crippen molar-refractivity contribution in [1.29, 1.82) is 0 Å². The highest BCUT2D eigenvalue weighted by Gasteiger charge is 2.36. The molecule has 1 saturated heterocycles. The van der Waals surface area contributed by atoms with Crippen LogP contribution in [0.4, 0.5) is 0 Å². The normalized spacial score (nSPS) is 26.0. The summed E-state index contributed by atoms with van der Waals surface area (Å²) in [5.41, 5.74) is -0.326. The minimum atomic E-state index is -0.793. The van der Waals surface area contributed by atoms with Gasteiger partial charge in [-0.3, -0.25) is 9.59 Å². The number of amides is 1. The first-order chi connectivity index (χ1) is 9.10. The predicted octanol–water partition coefficient (Wildman–Crippen LogP) is 1.71. The molecule has 0 aromatic heterocycles. The van der Waals surface area contributed by atoms with Crippen molar-refractivity contribution in [2.24, 2.45) is 5.41 Å². The molecule has 0 bridgehead atoms. The van der Waals surface area contributed by atoms with Crippen LogP contribution < -0.4 is 5.32 Å². The van der Waals surface area contributed by atoms with Crippen LogP contribution in [-0.4, -0.2) is 36.2 Å². The van der Waals surface area contributed by atoms with Crippen LogP contribution in [0.5, 0.6) is 0 Å². The van der Waals surface area contributed by atoms with Gasteiger partial charge in [0.2, 0.25) is 5.91 Å². The number of nitrogens with one attached hydrogen (secondary N) is 1. The maximum atomic E-state index is 12.1. The quantitative estimate of drug-likeness (QED) is 0.796. The molecule has 19 heavy (non-hydrogen) atoms. The average molecular weight is 269 g/mol. The van der Waals surface area contributed by atoms with Gasteiger partial charge >= 0.3 is 5.97 Å². The Hall–Kier alpha value is -1.10. The van der Waals surface area contributed by atoms with E-state index in [-0.39, 0.29) is 23.8 Å². The Kier molecular flexibility index (Phi) is 4.80. The number of hydrogen-bond acceptors (Lipinski definition) is 3. The van der Waals surface area contributed by atoms with E-state index in [2.05, 4.69) is 5.32 Å². The summed E-state index contributed by atoms with van der Waals surface area (Å²) in [7, 11) is 0. The summed E-state index contributed by atoms with van der Waals surface area (Å²) in [6.07, 6.45) is 6.25. The smallest absolute Gasteiger partial charge is 0.303 e. The summed E-state index contributed by atoms with van der Waals surface area (Å²) in [5, 5.41) is 12.0.